The first kappa shape index (κ1) is 23.9. The lowest BCUT2D eigenvalue weighted by molar-refractivity contribution is 0.0694. The van der Waals surface area contributed by atoms with Gasteiger partial charge in [0.1, 0.15) is 22.6 Å². The second kappa shape index (κ2) is 9.93. The molecule has 0 atom stereocenters. The van der Waals surface area contributed by atoms with E-state index in [2.05, 4.69) is 6.07 Å². The highest BCUT2D eigenvalue weighted by atomic mass is 32.2. The smallest absolute Gasteiger partial charge is 0.255 e. The molecule has 4 rings (SSSR count). The number of halogens is 2. The second-order valence-electron chi connectivity index (χ2n) is 7.48. The SMILES string of the molecule is N#Cc1ccccc1Sc1ccccc1C(=O)N1CCN(S(=O)(=O)c2ccc(F)cc2F)CC1. The van der Waals surface area contributed by atoms with Crippen LogP contribution < -0.4 is 0 Å². The molecule has 3 aromatic rings. The van der Waals surface area contributed by atoms with Crippen LogP contribution in [0.4, 0.5) is 8.78 Å². The maximum atomic E-state index is 14.1. The minimum atomic E-state index is -4.16. The number of carbonyl (C=O) groups is 1. The van der Waals surface area contributed by atoms with Gasteiger partial charge in [0, 0.05) is 42.0 Å². The number of nitrogens with zero attached hydrogens (tertiary/aromatic N) is 3. The maximum Gasteiger partial charge on any atom is 0.255 e. The van der Waals surface area contributed by atoms with E-state index in [1.807, 2.05) is 12.1 Å². The fraction of sp³-hybridized carbons (Fsp3) is 0.167. The number of carbonyl (C=O) groups excluding carboxylic acids is 1. The Morgan fingerprint density at radius 1 is 0.912 bits per heavy atom. The predicted molar refractivity (Wildman–Crippen MR) is 123 cm³/mol. The van der Waals surface area contributed by atoms with E-state index in [-0.39, 0.29) is 32.1 Å². The van der Waals surface area contributed by atoms with E-state index >= 15 is 0 Å². The van der Waals surface area contributed by atoms with Crippen molar-refractivity contribution in [2.24, 2.45) is 0 Å². The third-order valence-electron chi connectivity index (χ3n) is 5.38. The molecule has 3 aromatic carbocycles. The fourth-order valence-electron chi connectivity index (χ4n) is 3.62. The number of rotatable bonds is 5. The Kier molecular flexibility index (Phi) is 6.97. The topological polar surface area (TPSA) is 81.5 Å². The van der Waals surface area contributed by atoms with Crippen molar-refractivity contribution in [2.75, 3.05) is 26.2 Å². The van der Waals surface area contributed by atoms with Crippen molar-refractivity contribution < 1.29 is 22.0 Å². The van der Waals surface area contributed by atoms with E-state index in [9.17, 15) is 27.3 Å². The van der Waals surface area contributed by atoms with Gasteiger partial charge in [0.15, 0.2) is 0 Å². The molecule has 1 fully saturated rings. The van der Waals surface area contributed by atoms with Gasteiger partial charge in [-0.2, -0.15) is 9.57 Å². The number of amides is 1. The third-order valence-corrected chi connectivity index (χ3v) is 8.47. The normalized spacial score (nSPS) is 14.6. The molecule has 34 heavy (non-hydrogen) atoms. The Morgan fingerprint density at radius 3 is 2.24 bits per heavy atom. The standard InChI is InChI=1S/C24H19F2N3O3S2/c25-18-9-10-23(20(26)15-18)34(31,32)29-13-11-28(12-14-29)24(30)19-6-2-4-8-22(19)33-21-7-3-1-5-17(21)16-27/h1-10,15H,11-14H2. The summed E-state index contributed by atoms with van der Waals surface area (Å²) in [5, 5.41) is 9.35. The lowest BCUT2D eigenvalue weighted by Crippen LogP contribution is -2.50. The lowest BCUT2D eigenvalue weighted by Gasteiger charge is -2.34. The van der Waals surface area contributed by atoms with Gasteiger partial charge >= 0.3 is 0 Å². The molecule has 1 heterocycles. The highest BCUT2D eigenvalue weighted by Crippen LogP contribution is 2.33. The Balaban J connectivity index is 1.50. The van der Waals surface area contributed by atoms with Gasteiger partial charge in [0.25, 0.3) is 5.91 Å². The zero-order chi connectivity index (χ0) is 24.3. The monoisotopic (exact) mass is 499 g/mol. The van der Waals surface area contributed by atoms with Crippen LogP contribution in [0.15, 0.2) is 81.4 Å². The van der Waals surface area contributed by atoms with Gasteiger partial charge in [0.2, 0.25) is 10.0 Å². The van der Waals surface area contributed by atoms with Crippen molar-refractivity contribution in [1.82, 2.24) is 9.21 Å². The summed E-state index contributed by atoms with van der Waals surface area (Å²) in [5.41, 5.74) is 0.947. The van der Waals surface area contributed by atoms with Gasteiger partial charge in [-0.25, -0.2) is 17.2 Å². The number of hydrogen-bond acceptors (Lipinski definition) is 5. The van der Waals surface area contributed by atoms with E-state index in [1.54, 1.807) is 41.3 Å². The number of sulfonamides is 1. The molecule has 6 nitrogen and oxygen atoms in total. The van der Waals surface area contributed by atoms with Crippen molar-refractivity contribution in [3.63, 3.8) is 0 Å². The molecule has 174 valence electrons. The van der Waals surface area contributed by atoms with Gasteiger partial charge in [-0.15, -0.1) is 0 Å². The van der Waals surface area contributed by atoms with Crippen LogP contribution in [0, 0.1) is 23.0 Å². The highest BCUT2D eigenvalue weighted by molar-refractivity contribution is 7.99. The largest absolute Gasteiger partial charge is 0.336 e. The molecule has 0 aromatic heterocycles. The average molecular weight is 500 g/mol. The fourth-order valence-corrected chi connectivity index (χ4v) is 6.11. The predicted octanol–water partition coefficient (Wildman–Crippen LogP) is 4.13. The Labute approximate surface area is 200 Å². The Hall–Kier alpha value is -3.26. The van der Waals surface area contributed by atoms with Crippen LogP contribution >= 0.6 is 11.8 Å². The summed E-state index contributed by atoms with van der Waals surface area (Å²) in [5.74, 6) is -2.27. The summed E-state index contributed by atoms with van der Waals surface area (Å²) in [6.45, 7) is 0.207. The molecule has 0 spiro atoms. The second-order valence-corrected chi connectivity index (χ2v) is 10.5. The molecule has 1 saturated heterocycles. The van der Waals surface area contributed by atoms with E-state index < -0.39 is 26.6 Å². The first-order valence-electron chi connectivity index (χ1n) is 10.3. The highest BCUT2D eigenvalue weighted by Gasteiger charge is 2.32. The molecule has 1 amide bonds. The average Bonchev–Trinajstić information content (AvgIpc) is 2.84. The molecule has 0 radical (unpaired) electrons. The maximum absolute atomic E-state index is 14.1. The first-order valence-corrected chi connectivity index (χ1v) is 12.6. The number of piperazine rings is 1. The van der Waals surface area contributed by atoms with Crippen LogP contribution in [0.2, 0.25) is 0 Å². The van der Waals surface area contributed by atoms with Gasteiger partial charge in [-0.05, 0) is 36.4 Å². The van der Waals surface area contributed by atoms with Crippen LogP contribution in [0.25, 0.3) is 0 Å². The zero-order valence-electron chi connectivity index (χ0n) is 17.8. The van der Waals surface area contributed by atoms with Crippen molar-refractivity contribution in [2.45, 2.75) is 14.7 Å². The van der Waals surface area contributed by atoms with E-state index in [4.69, 9.17) is 0 Å². The lowest BCUT2D eigenvalue weighted by atomic mass is 10.2. The molecule has 0 aliphatic carbocycles. The summed E-state index contributed by atoms with van der Waals surface area (Å²) in [4.78, 5) is 15.6. The van der Waals surface area contributed by atoms with Crippen LogP contribution in [0.5, 0.6) is 0 Å². The number of hydrogen-bond donors (Lipinski definition) is 0. The van der Waals surface area contributed by atoms with Crippen LogP contribution in [-0.4, -0.2) is 49.7 Å². The van der Waals surface area contributed by atoms with Gasteiger partial charge < -0.3 is 4.90 Å². The quantitative estimate of drug-likeness (QED) is 0.527. The van der Waals surface area contributed by atoms with E-state index in [0.29, 0.717) is 22.1 Å². The molecular formula is C24H19F2N3O3S2. The molecule has 0 saturated carbocycles. The molecule has 0 bridgehead atoms. The first-order chi connectivity index (χ1) is 16.3. The van der Waals surface area contributed by atoms with Crippen LogP contribution in [0.3, 0.4) is 0 Å². The molecule has 0 N–H and O–H groups in total. The molecule has 1 aliphatic heterocycles. The molecule has 0 unspecified atom stereocenters. The Bertz CT molecular complexity index is 1380. The minimum Gasteiger partial charge on any atom is -0.336 e. The summed E-state index contributed by atoms with van der Waals surface area (Å²) >= 11 is 1.31. The molecule has 10 heteroatoms. The molecule has 1 aliphatic rings. The van der Waals surface area contributed by atoms with Crippen molar-refractivity contribution in [3.05, 3.63) is 89.5 Å². The van der Waals surface area contributed by atoms with Crippen molar-refractivity contribution >= 4 is 27.7 Å². The van der Waals surface area contributed by atoms with E-state index in [1.165, 1.54) is 11.8 Å². The van der Waals surface area contributed by atoms with E-state index in [0.717, 1.165) is 21.3 Å². The number of nitriles is 1. The number of benzene rings is 3. The summed E-state index contributed by atoms with van der Waals surface area (Å²) < 4.78 is 54.0. The third kappa shape index (κ3) is 4.82. The van der Waals surface area contributed by atoms with Crippen LogP contribution in [-0.2, 0) is 10.0 Å². The minimum absolute atomic E-state index is 0.0164. The van der Waals surface area contributed by atoms with Crippen molar-refractivity contribution in [3.8, 4) is 6.07 Å². The molecular weight excluding hydrogens is 480 g/mol. The summed E-state index contributed by atoms with van der Waals surface area (Å²) in [7, 11) is -4.16. The van der Waals surface area contributed by atoms with Gasteiger partial charge in [0.05, 0.1) is 11.1 Å². The summed E-state index contributed by atoms with van der Waals surface area (Å²) in [6.07, 6.45) is 0. The zero-order valence-corrected chi connectivity index (χ0v) is 19.5. The van der Waals surface area contributed by atoms with Crippen LogP contribution in [0.1, 0.15) is 15.9 Å². The van der Waals surface area contributed by atoms with Gasteiger partial charge in [-0.1, -0.05) is 36.0 Å². The van der Waals surface area contributed by atoms with Crippen molar-refractivity contribution in [1.29, 1.82) is 5.26 Å². The Morgan fingerprint density at radius 2 is 1.56 bits per heavy atom. The summed E-state index contributed by atoms with van der Waals surface area (Å²) in [6, 6.07) is 18.6. The van der Waals surface area contributed by atoms with Gasteiger partial charge in [-0.3, -0.25) is 4.79 Å².